The van der Waals surface area contributed by atoms with E-state index in [1.54, 1.807) is 6.92 Å². The predicted molar refractivity (Wildman–Crippen MR) is 57.4 cm³/mol. The maximum absolute atomic E-state index is 11.9. The van der Waals surface area contributed by atoms with E-state index in [4.69, 9.17) is 0 Å². The number of hydrogen-bond acceptors (Lipinski definition) is 3. The molecule has 0 aromatic heterocycles. The average Bonchev–Trinajstić information content (AvgIpc) is 2.22. The first-order valence-electron chi connectivity index (χ1n) is 4.50. The highest BCUT2D eigenvalue weighted by molar-refractivity contribution is 7.80. The number of thiol groups is 1. The van der Waals surface area contributed by atoms with Crippen molar-refractivity contribution in [2.24, 2.45) is 0 Å². The number of urea groups is 1. The molecule has 3 amide bonds. The van der Waals surface area contributed by atoms with Crippen LogP contribution < -0.4 is 5.32 Å². The molecule has 1 atom stereocenters. The van der Waals surface area contributed by atoms with Gasteiger partial charge in [0.2, 0.25) is 0 Å². The summed E-state index contributed by atoms with van der Waals surface area (Å²) in [6, 6.07) is -0.334. The first-order chi connectivity index (χ1) is 6.22. The van der Waals surface area contributed by atoms with E-state index >= 15 is 0 Å². The third-order valence-corrected chi connectivity index (χ3v) is 2.88. The van der Waals surface area contributed by atoms with Crippen molar-refractivity contribution < 1.29 is 9.59 Å². The summed E-state index contributed by atoms with van der Waals surface area (Å²) in [7, 11) is 0. The topological polar surface area (TPSA) is 49.4 Å². The Labute approximate surface area is 89.4 Å². The molecule has 1 fully saturated rings. The van der Waals surface area contributed by atoms with E-state index in [0.717, 1.165) is 0 Å². The molecular formula is C9H16N2O2S. The molecule has 1 saturated heterocycles. The van der Waals surface area contributed by atoms with Crippen LogP contribution >= 0.6 is 12.6 Å². The van der Waals surface area contributed by atoms with Gasteiger partial charge in [-0.05, 0) is 27.7 Å². The molecule has 0 radical (unpaired) electrons. The Hall–Kier alpha value is -0.710. The lowest BCUT2D eigenvalue weighted by Crippen LogP contribution is -2.49. The fraction of sp³-hybridized carbons (Fsp3) is 0.778. The number of amides is 3. The Morgan fingerprint density at radius 2 is 1.93 bits per heavy atom. The fourth-order valence-electron chi connectivity index (χ4n) is 1.40. The molecular weight excluding hydrogens is 200 g/mol. The Balaban J connectivity index is 3.04. The molecule has 1 aliphatic heterocycles. The van der Waals surface area contributed by atoms with Crippen LogP contribution in [0.5, 0.6) is 0 Å². The molecule has 5 heteroatoms. The number of hydrogen-bond donors (Lipinski definition) is 2. The number of carbonyl (C=O) groups excluding carboxylic acids is 2. The van der Waals surface area contributed by atoms with Crippen LogP contribution in [0.25, 0.3) is 0 Å². The molecule has 0 aromatic carbocycles. The molecule has 0 spiro atoms. The molecule has 14 heavy (non-hydrogen) atoms. The van der Waals surface area contributed by atoms with Gasteiger partial charge in [-0.3, -0.25) is 9.69 Å². The number of imide groups is 1. The van der Waals surface area contributed by atoms with Gasteiger partial charge in [-0.1, -0.05) is 0 Å². The van der Waals surface area contributed by atoms with Gasteiger partial charge in [-0.2, -0.15) is 12.6 Å². The molecule has 0 saturated carbocycles. The number of rotatable bonds is 1. The van der Waals surface area contributed by atoms with Gasteiger partial charge < -0.3 is 5.32 Å². The van der Waals surface area contributed by atoms with Gasteiger partial charge in [0.05, 0.1) is 0 Å². The third-order valence-electron chi connectivity index (χ3n) is 2.25. The molecule has 1 aliphatic rings. The monoisotopic (exact) mass is 216 g/mol. The van der Waals surface area contributed by atoms with Gasteiger partial charge in [0.1, 0.15) is 5.54 Å². The van der Waals surface area contributed by atoms with Crippen LogP contribution in [0.15, 0.2) is 0 Å². The molecule has 1 unspecified atom stereocenters. The zero-order valence-corrected chi connectivity index (χ0v) is 9.81. The van der Waals surface area contributed by atoms with Crippen LogP contribution in [0.2, 0.25) is 0 Å². The molecule has 0 bridgehead atoms. The summed E-state index contributed by atoms with van der Waals surface area (Å²) >= 11 is 4.08. The van der Waals surface area contributed by atoms with Crippen molar-refractivity contribution in [3.63, 3.8) is 0 Å². The third kappa shape index (κ3) is 1.61. The van der Waals surface area contributed by atoms with Crippen LogP contribution in [0, 0.1) is 0 Å². The first kappa shape index (κ1) is 11.4. The van der Waals surface area contributed by atoms with Gasteiger partial charge in [0.25, 0.3) is 5.91 Å². The summed E-state index contributed by atoms with van der Waals surface area (Å²) in [5, 5.41) is 2.65. The van der Waals surface area contributed by atoms with Crippen molar-refractivity contribution in [3.05, 3.63) is 0 Å². The molecule has 80 valence electrons. The van der Waals surface area contributed by atoms with Gasteiger partial charge in [-0.25, -0.2) is 4.79 Å². The summed E-state index contributed by atoms with van der Waals surface area (Å²) in [4.78, 5) is 24.7. The van der Waals surface area contributed by atoms with Crippen molar-refractivity contribution in [3.8, 4) is 0 Å². The Bertz CT molecular complexity index is 285. The maximum atomic E-state index is 11.9. The smallest absolute Gasteiger partial charge is 0.323 e. The van der Waals surface area contributed by atoms with Crippen LogP contribution in [0.1, 0.15) is 27.7 Å². The van der Waals surface area contributed by atoms with E-state index in [-0.39, 0.29) is 11.9 Å². The van der Waals surface area contributed by atoms with E-state index in [0.29, 0.717) is 5.75 Å². The van der Waals surface area contributed by atoms with Crippen LogP contribution in [-0.2, 0) is 4.79 Å². The first-order valence-corrected chi connectivity index (χ1v) is 5.13. The molecule has 0 aliphatic carbocycles. The number of nitrogens with zero attached hydrogens (tertiary/aromatic N) is 1. The van der Waals surface area contributed by atoms with E-state index in [1.807, 2.05) is 20.8 Å². The highest BCUT2D eigenvalue weighted by atomic mass is 32.1. The van der Waals surface area contributed by atoms with Crippen LogP contribution in [0.3, 0.4) is 0 Å². The SMILES string of the molecule is CC1(CS)NC(=O)N(C(C)(C)C)C1=O. The second kappa shape index (κ2) is 3.15. The minimum Gasteiger partial charge on any atom is -0.323 e. The van der Waals surface area contributed by atoms with E-state index < -0.39 is 11.1 Å². The zero-order valence-electron chi connectivity index (χ0n) is 8.92. The lowest BCUT2D eigenvalue weighted by molar-refractivity contribution is -0.133. The van der Waals surface area contributed by atoms with Crippen LogP contribution in [-0.4, -0.2) is 33.7 Å². The quantitative estimate of drug-likeness (QED) is 0.508. The Morgan fingerprint density at radius 1 is 1.43 bits per heavy atom. The van der Waals surface area contributed by atoms with Crippen molar-refractivity contribution in [2.75, 3.05) is 5.75 Å². The van der Waals surface area contributed by atoms with Crippen molar-refractivity contribution in [1.29, 1.82) is 0 Å². The van der Waals surface area contributed by atoms with E-state index in [1.165, 1.54) is 4.90 Å². The van der Waals surface area contributed by atoms with Gasteiger partial charge >= 0.3 is 6.03 Å². The van der Waals surface area contributed by atoms with Crippen molar-refractivity contribution in [2.45, 2.75) is 38.8 Å². The fourth-order valence-corrected chi connectivity index (χ4v) is 1.62. The molecule has 1 heterocycles. The summed E-state index contributed by atoms with van der Waals surface area (Å²) < 4.78 is 0. The summed E-state index contributed by atoms with van der Waals surface area (Å²) in [5.41, 5.74) is -1.34. The lowest BCUT2D eigenvalue weighted by Gasteiger charge is -2.29. The van der Waals surface area contributed by atoms with Crippen molar-refractivity contribution in [1.82, 2.24) is 10.2 Å². The van der Waals surface area contributed by atoms with E-state index in [2.05, 4.69) is 17.9 Å². The highest BCUT2D eigenvalue weighted by Crippen LogP contribution is 2.25. The highest BCUT2D eigenvalue weighted by Gasteiger charge is 2.50. The van der Waals surface area contributed by atoms with Gasteiger partial charge in [0.15, 0.2) is 0 Å². The molecule has 0 aromatic rings. The van der Waals surface area contributed by atoms with Crippen LogP contribution in [0.4, 0.5) is 4.79 Å². The maximum Gasteiger partial charge on any atom is 0.325 e. The standard InChI is InChI=1S/C9H16N2O2S/c1-8(2,3)11-6(12)9(4,5-14)10-7(11)13/h14H,5H2,1-4H3,(H,10,13). The van der Waals surface area contributed by atoms with E-state index in [9.17, 15) is 9.59 Å². The van der Waals surface area contributed by atoms with Gasteiger partial charge in [0, 0.05) is 11.3 Å². The second-order valence-electron chi connectivity index (χ2n) is 4.73. The van der Waals surface area contributed by atoms with Crippen molar-refractivity contribution >= 4 is 24.6 Å². The minimum atomic E-state index is -0.854. The largest absolute Gasteiger partial charge is 0.325 e. The minimum absolute atomic E-state index is 0.204. The summed E-state index contributed by atoms with van der Waals surface area (Å²) in [5.74, 6) is 0.106. The predicted octanol–water partition coefficient (Wildman–Crippen LogP) is 1.03. The second-order valence-corrected chi connectivity index (χ2v) is 5.05. The summed E-state index contributed by atoms with van der Waals surface area (Å²) in [6.07, 6.45) is 0. The average molecular weight is 216 g/mol. The molecule has 1 N–H and O–H groups in total. The number of carbonyl (C=O) groups is 2. The Kier molecular flexibility index (Phi) is 2.56. The lowest BCUT2D eigenvalue weighted by atomic mass is 10.0. The zero-order chi connectivity index (χ0) is 11.1. The molecule has 1 rings (SSSR count). The van der Waals surface area contributed by atoms with Gasteiger partial charge in [-0.15, -0.1) is 0 Å². The normalized spacial score (nSPS) is 28.2. The Morgan fingerprint density at radius 3 is 2.14 bits per heavy atom. The summed E-state index contributed by atoms with van der Waals surface area (Å²) in [6.45, 7) is 7.17. The molecule has 4 nitrogen and oxygen atoms in total. The number of nitrogens with one attached hydrogen (secondary N) is 1.